The number of nitrogens with zero attached hydrogens (tertiary/aromatic N) is 1. The van der Waals surface area contributed by atoms with E-state index < -0.39 is 27.8 Å². The molecule has 0 aliphatic carbocycles. The van der Waals surface area contributed by atoms with Gasteiger partial charge in [-0.2, -0.15) is 4.31 Å². The molecular weight excluding hydrogens is 434 g/mol. The van der Waals surface area contributed by atoms with Crippen molar-refractivity contribution in [1.82, 2.24) is 9.62 Å². The second-order valence-electron chi connectivity index (χ2n) is 6.98. The summed E-state index contributed by atoms with van der Waals surface area (Å²) in [4.78, 5) is 13.1. The molecule has 0 aromatic heterocycles. The first-order valence-corrected chi connectivity index (χ1v) is 11.9. The first-order valence-electron chi connectivity index (χ1n) is 9.47. The van der Waals surface area contributed by atoms with Crippen molar-refractivity contribution in [3.8, 4) is 0 Å². The van der Waals surface area contributed by atoms with Gasteiger partial charge in [-0.15, -0.1) is 11.8 Å². The number of morpholine rings is 1. The van der Waals surface area contributed by atoms with Crippen molar-refractivity contribution in [2.75, 3.05) is 32.1 Å². The van der Waals surface area contributed by atoms with Crippen LogP contribution in [0.1, 0.15) is 28.4 Å². The van der Waals surface area contributed by atoms with E-state index in [2.05, 4.69) is 5.32 Å². The number of amides is 1. The van der Waals surface area contributed by atoms with Gasteiger partial charge >= 0.3 is 0 Å². The lowest BCUT2D eigenvalue weighted by Crippen LogP contribution is -2.40. The number of rotatable bonds is 4. The number of sulfonamides is 1. The zero-order chi connectivity index (χ0) is 21.3. The van der Waals surface area contributed by atoms with E-state index in [4.69, 9.17) is 4.74 Å². The first-order chi connectivity index (χ1) is 14.4. The Balaban J connectivity index is 1.60. The maximum atomic E-state index is 14.4. The fourth-order valence-corrected chi connectivity index (χ4v) is 6.12. The lowest BCUT2D eigenvalue weighted by molar-refractivity contribution is 0.0730. The maximum absolute atomic E-state index is 14.4. The third-order valence-electron chi connectivity index (χ3n) is 5.12. The summed E-state index contributed by atoms with van der Waals surface area (Å²) in [5.41, 5.74) is 0.276. The highest BCUT2D eigenvalue weighted by Crippen LogP contribution is 2.38. The minimum Gasteiger partial charge on any atom is -0.379 e. The molecule has 1 N–H and O–H groups in total. The molecule has 2 aliphatic rings. The molecule has 1 atom stereocenters. The fourth-order valence-electron chi connectivity index (χ4n) is 3.55. The van der Waals surface area contributed by atoms with Gasteiger partial charge in [0.05, 0.1) is 29.7 Å². The van der Waals surface area contributed by atoms with Crippen LogP contribution in [0.3, 0.4) is 0 Å². The largest absolute Gasteiger partial charge is 0.379 e. The molecule has 1 fully saturated rings. The molecule has 0 bridgehead atoms. The van der Waals surface area contributed by atoms with Crippen LogP contribution in [0.4, 0.5) is 8.78 Å². The standard InChI is InChI=1S/C20H20F2N2O4S2/c21-16-5-4-13(30(26,27)24-7-9-28-10-8-24)12-15(16)20(25)23-18-6-11-29-19-14(18)2-1-3-17(19)22/h1-5,12,18H,6-11H2,(H,23,25)/t18-/m1/s1. The van der Waals surface area contributed by atoms with Crippen LogP contribution in [0.2, 0.25) is 0 Å². The highest BCUT2D eigenvalue weighted by molar-refractivity contribution is 7.99. The summed E-state index contributed by atoms with van der Waals surface area (Å²) >= 11 is 1.37. The van der Waals surface area contributed by atoms with Crippen LogP contribution in [-0.4, -0.2) is 50.7 Å². The summed E-state index contributed by atoms with van der Waals surface area (Å²) in [5, 5.41) is 2.73. The molecule has 2 heterocycles. The van der Waals surface area contributed by atoms with E-state index in [0.717, 1.165) is 18.2 Å². The maximum Gasteiger partial charge on any atom is 0.254 e. The molecule has 30 heavy (non-hydrogen) atoms. The molecule has 2 aromatic carbocycles. The van der Waals surface area contributed by atoms with Crippen molar-refractivity contribution < 1.29 is 26.7 Å². The second kappa shape index (κ2) is 8.62. The minimum absolute atomic E-state index is 0.151. The van der Waals surface area contributed by atoms with Crippen molar-refractivity contribution >= 4 is 27.7 Å². The Morgan fingerprint density at radius 3 is 2.67 bits per heavy atom. The Labute approximate surface area is 177 Å². The Bertz CT molecular complexity index is 1070. The van der Waals surface area contributed by atoms with Gasteiger partial charge in [0.25, 0.3) is 5.91 Å². The van der Waals surface area contributed by atoms with E-state index in [0.29, 0.717) is 22.6 Å². The molecular formula is C20H20F2N2O4S2. The van der Waals surface area contributed by atoms with Crippen molar-refractivity contribution in [2.24, 2.45) is 0 Å². The van der Waals surface area contributed by atoms with Gasteiger partial charge in [0.2, 0.25) is 10.0 Å². The molecule has 0 unspecified atom stereocenters. The van der Waals surface area contributed by atoms with Crippen LogP contribution in [0.15, 0.2) is 46.2 Å². The average Bonchev–Trinajstić information content (AvgIpc) is 2.75. The lowest BCUT2D eigenvalue weighted by atomic mass is 10.0. The van der Waals surface area contributed by atoms with Gasteiger partial charge in [-0.05, 0) is 36.2 Å². The molecule has 0 radical (unpaired) electrons. The molecule has 1 amide bonds. The molecule has 4 rings (SSSR count). The third kappa shape index (κ3) is 4.09. The molecule has 10 heteroatoms. The Morgan fingerprint density at radius 1 is 1.13 bits per heavy atom. The molecule has 6 nitrogen and oxygen atoms in total. The van der Waals surface area contributed by atoms with Crippen LogP contribution in [-0.2, 0) is 14.8 Å². The number of carbonyl (C=O) groups excluding carboxylic acids is 1. The number of hydrogen-bond acceptors (Lipinski definition) is 5. The quantitative estimate of drug-likeness (QED) is 0.769. The summed E-state index contributed by atoms with van der Waals surface area (Å²) in [6.45, 7) is 0.958. The van der Waals surface area contributed by atoms with E-state index in [9.17, 15) is 22.0 Å². The predicted octanol–water partition coefficient (Wildman–Crippen LogP) is 2.95. The van der Waals surface area contributed by atoms with Gasteiger partial charge < -0.3 is 10.1 Å². The zero-order valence-electron chi connectivity index (χ0n) is 15.9. The molecule has 0 spiro atoms. The van der Waals surface area contributed by atoms with Crippen molar-refractivity contribution in [3.05, 3.63) is 59.2 Å². The average molecular weight is 455 g/mol. The number of halogens is 2. The zero-order valence-corrected chi connectivity index (χ0v) is 17.6. The number of carbonyl (C=O) groups is 1. The SMILES string of the molecule is O=C(N[C@@H]1CCSc2c(F)cccc21)c1cc(S(=O)(=O)N2CCOCC2)ccc1F. The van der Waals surface area contributed by atoms with Gasteiger partial charge in [-0.3, -0.25) is 4.79 Å². The van der Waals surface area contributed by atoms with Gasteiger partial charge in [-0.25, -0.2) is 17.2 Å². The predicted molar refractivity (Wildman–Crippen MR) is 108 cm³/mol. The van der Waals surface area contributed by atoms with Gasteiger partial charge in [0.1, 0.15) is 11.6 Å². The number of fused-ring (bicyclic) bond motifs is 1. The summed E-state index contributed by atoms with van der Waals surface area (Å²) in [5.74, 6) is -1.31. The summed E-state index contributed by atoms with van der Waals surface area (Å²) in [6.07, 6.45) is 0.556. The number of hydrogen-bond donors (Lipinski definition) is 1. The van der Waals surface area contributed by atoms with Gasteiger partial charge in [-0.1, -0.05) is 12.1 Å². The topological polar surface area (TPSA) is 75.7 Å². The van der Waals surface area contributed by atoms with E-state index in [-0.39, 0.29) is 42.6 Å². The Morgan fingerprint density at radius 2 is 1.90 bits per heavy atom. The van der Waals surface area contributed by atoms with Gasteiger partial charge in [0, 0.05) is 23.7 Å². The third-order valence-corrected chi connectivity index (χ3v) is 8.18. The van der Waals surface area contributed by atoms with Crippen molar-refractivity contribution in [2.45, 2.75) is 22.3 Å². The van der Waals surface area contributed by atoms with Crippen molar-refractivity contribution in [1.29, 1.82) is 0 Å². The number of ether oxygens (including phenoxy) is 1. The fraction of sp³-hybridized carbons (Fsp3) is 0.350. The molecule has 2 aliphatic heterocycles. The Hall–Kier alpha value is -2.01. The van der Waals surface area contributed by atoms with E-state index in [1.54, 1.807) is 12.1 Å². The van der Waals surface area contributed by atoms with Crippen LogP contribution in [0.25, 0.3) is 0 Å². The molecule has 1 saturated heterocycles. The number of nitrogens with one attached hydrogen (secondary N) is 1. The summed E-state index contributed by atoms with van der Waals surface area (Å²) < 4.78 is 60.6. The highest BCUT2D eigenvalue weighted by Gasteiger charge is 2.29. The van der Waals surface area contributed by atoms with Crippen LogP contribution in [0, 0.1) is 11.6 Å². The highest BCUT2D eigenvalue weighted by atomic mass is 32.2. The smallest absolute Gasteiger partial charge is 0.254 e. The van der Waals surface area contributed by atoms with Gasteiger partial charge in [0.15, 0.2) is 0 Å². The lowest BCUT2D eigenvalue weighted by Gasteiger charge is -2.27. The number of thioether (sulfide) groups is 1. The van der Waals surface area contributed by atoms with Crippen LogP contribution < -0.4 is 5.32 Å². The van der Waals surface area contributed by atoms with E-state index >= 15 is 0 Å². The number of benzene rings is 2. The molecule has 160 valence electrons. The monoisotopic (exact) mass is 454 g/mol. The second-order valence-corrected chi connectivity index (χ2v) is 10.0. The molecule has 2 aromatic rings. The van der Waals surface area contributed by atoms with E-state index in [1.165, 1.54) is 22.1 Å². The Kier molecular flexibility index (Phi) is 6.10. The molecule has 0 saturated carbocycles. The first kappa shape index (κ1) is 21.2. The van der Waals surface area contributed by atoms with E-state index in [1.807, 2.05) is 0 Å². The summed E-state index contributed by atoms with van der Waals surface area (Å²) in [6, 6.07) is 7.35. The minimum atomic E-state index is -3.87. The summed E-state index contributed by atoms with van der Waals surface area (Å²) in [7, 11) is -3.87. The van der Waals surface area contributed by atoms with Crippen molar-refractivity contribution in [3.63, 3.8) is 0 Å². The van der Waals surface area contributed by atoms with Crippen LogP contribution in [0.5, 0.6) is 0 Å². The normalized spacial score (nSPS) is 19.9. The van der Waals surface area contributed by atoms with Crippen LogP contribution >= 0.6 is 11.8 Å².